The third kappa shape index (κ3) is 3.25. The fraction of sp³-hybridized carbons (Fsp3) is 0.222. The third-order valence-electron chi connectivity index (χ3n) is 1.62. The lowest BCUT2D eigenvalue weighted by Crippen LogP contribution is -1.97. The number of benzene rings is 1. The fourth-order valence-electron chi connectivity index (χ4n) is 0.976. The van der Waals surface area contributed by atoms with Crippen LogP contribution >= 0.6 is 23.2 Å². The van der Waals surface area contributed by atoms with Crippen LogP contribution in [0.2, 0.25) is 10.0 Å². The Kier molecular flexibility index (Phi) is 3.58. The number of rotatable bonds is 3. The molecule has 1 N–H and O–H groups in total. The van der Waals surface area contributed by atoms with E-state index in [1.54, 1.807) is 18.2 Å². The molecule has 0 heterocycles. The Hall–Kier alpha value is -0.730. The van der Waals surface area contributed by atoms with Crippen molar-refractivity contribution < 1.29 is 9.90 Å². The van der Waals surface area contributed by atoms with Crippen molar-refractivity contribution in [1.29, 1.82) is 0 Å². The van der Waals surface area contributed by atoms with Gasteiger partial charge in [-0.2, -0.15) is 0 Å². The van der Waals surface area contributed by atoms with Crippen LogP contribution in [0.1, 0.15) is 12.0 Å². The Labute approximate surface area is 86.1 Å². The van der Waals surface area contributed by atoms with Crippen molar-refractivity contribution in [3.8, 4) is 0 Å². The molecule has 0 unspecified atom stereocenters. The smallest absolute Gasteiger partial charge is 0.303 e. The van der Waals surface area contributed by atoms with Crippen molar-refractivity contribution in [1.82, 2.24) is 0 Å². The molecule has 1 aromatic rings. The van der Waals surface area contributed by atoms with E-state index in [1.807, 2.05) is 0 Å². The van der Waals surface area contributed by atoms with E-state index in [-0.39, 0.29) is 6.42 Å². The average Bonchev–Trinajstić information content (AvgIpc) is 2.06. The first kappa shape index (κ1) is 10.4. The zero-order valence-corrected chi connectivity index (χ0v) is 8.27. The van der Waals surface area contributed by atoms with E-state index in [2.05, 4.69) is 0 Å². The Morgan fingerprint density at radius 1 is 1.38 bits per heavy atom. The number of aryl methyl sites for hydroxylation is 1. The zero-order valence-electron chi connectivity index (χ0n) is 6.76. The molecule has 70 valence electrons. The highest BCUT2D eigenvalue weighted by molar-refractivity contribution is 6.33. The van der Waals surface area contributed by atoms with Crippen molar-refractivity contribution in [2.24, 2.45) is 0 Å². The minimum atomic E-state index is -0.837. The van der Waals surface area contributed by atoms with E-state index in [4.69, 9.17) is 28.3 Å². The summed E-state index contributed by atoms with van der Waals surface area (Å²) in [5.41, 5.74) is 0.775. The summed E-state index contributed by atoms with van der Waals surface area (Å²) in [7, 11) is 0. The van der Waals surface area contributed by atoms with Gasteiger partial charge < -0.3 is 5.11 Å². The molecule has 0 saturated carbocycles. The van der Waals surface area contributed by atoms with Gasteiger partial charge in [-0.05, 0) is 30.2 Å². The number of carboxylic acids is 1. The van der Waals surface area contributed by atoms with Crippen LogP contribution in [0.3, 0.4) is 0 Å². The molecule has 0 atom stereocenters. The summed E-state index contributed by atoms with van der Waals surface area (Å²) in [6, 6.07) is 5.03. The SMILES string of the molecule is O=C(O)CCc1cc(Cl)ccc1Cl. The zero-order chi connectivity index (χ0) is 9.84. The molecular formula is C9H8Cl2O2. The van der Waals surface area contributed by atoms with Gasteiger partial charge in [0.25, 0.3) is 0 Å². The van der Waals surface area contributed by atoms with Crippen LogP contribution in [-0.4, -0.2) is 11.1 Å². The molecule has 13 heavy (non-hydrogen) atoms. The number of hydrogen-bond donors (Lipinski definition) is 1. The number of carbonyl (C=O) groups is 1. The summed E-state index contributed by atoms with van der Waals surface area (Å²) in [5.74, 6) is -0.837. The molecule has 0 spiro atoms. The van der Waals surface area contributed by atoms with Crippen molar-refractivity contribution in [2.45, 2.75) is 12.8 Å². The van der Waals surface area contributed by atoms with Gasteiger partial charge in [-0.3, -0.25) is 4.79 Å². The van der Waals surface area contributed by atoms with Crippen LogP contribution in [0.5, 0.6) is 0 Å². The maximum Gasteiger partial charge on any atom is 0.303 e. The predicted molar refractivity (Wildman–Crippen MR) is 52.4 cm³/mol. The third-order valence-corrected chi connectivity index (χ3v) is 2.22. The van der Waals surface area contributed by atoms with Gasteiger partial charge in [0.15, 0.2) is 0 Å². The van der Waals surface area contributed by atoms with Crippen molar-refractivity contribution in [3.63, 3.8) is 0 Å². The van der Waals surface area contributed by atoms with Gasteiger partial charge in [-0.25, -0.2) is 0 Å². The van der Waals surface area contributed by atoms with Gasteiger partial charge >= 0.3 is 5.97 Å². The van der Waals surface area contributed by atoms with Gasteiger partial charge in [0, 0.05) is 16.5 Å². The molecule has 2 nitrogen and oxygen atoms in total. The topological polar surface area (TPSA) is 37.3 Å². The van der Waals surface area contributed by atoms with Crippen LogP contribution in [0.4, 0.5) is 0 Å². The monoisotopic (exact) mass is 218 g/mol. The number of hydrogen-bond acceptors (Lipinski definition) is 1. The first-order chi connectivity index (χ1) is 6.09. The van der Waals surface area contributed by atoms with Gasteiger partial charge in [0.2, 0.25) is 0 Å². The first-order valence-electron chi connectivity index (χ1n) is 3.75. The maximum absolute atomic E-state index is 10.3. The second-order valence-electron chi connectivity index (χ2n) is 2.63. The summed E-state index contributed by atoms with van der Waals surface area (Å²) in [6.07, 6.45) is 0.481. The van der Waals surface area contributed by atoms with E-state index in [0.29, 0.717) is 16.5 Å². The van der Waals surface area contributed by atoms with E-state index in [0.717, 1.165) is 5.56 Å². The molecule has 1 rings (SSSR count). The molecule has 0 saturated heterocycles. The molecular weight excluding hydrogens is 211 g/mol. The lowest BCUT2D eigenvalue weighted by Gasteiger charge is -2.02. The fourth-order valence-corrected chi connectivity index (χ4v) is 1.38. The normalized spacial score (nSPS) is 10.0. The highest BCUT2D eigenvalue weighted by atomic mass is 35.5. The predicted octanol–water partition coefficient (Wildman–Crippen LogP) is 3.01. The largest absolute Gasteiger partial charge is 0.481 e. The lowest BCUT2D eigenvalue weighted by atomic mass is 10.1. The highest BCUT2D eigenvalue weighted by Crippen LogP contribution is 2.21. The molecule has 1 aromatic carbocycles. The maximum atomic E-state index is 10.3. The molecule has 0 aliphatic rings. The second-order valence-corrected chi connectivity index (χ2v) is 3.47. The van der Waals surface area contributed by atoms with Gasteiger partial charge in [-0.15, -0.1) is 0 Å². The minimum Gasteiger partial charge on any atom is -0.481 e. The standard InChI is InChI=1S/C9H8Cl2O2/c10-7-2-3-8(11)6(5-7)1-4-9(12)13/h2-3,5H,1,4H2,(H,12,13). The minimum absolute atomic E-state index is 0.0695. The number of halogens is 2. The summed E-state index contributed by atoms with van der Waals surface area (Å²) in [4.78, 5) is 10.3. The quantitative estimate of drug-likeness (QED) is 0.848. The molecule has 0 amide bonds. The summed E-state index contributed by atoms with van der Waals surface area (Å²) in [5, 5.41) is 9.59. The van der Waals surface area contributed by atoms with E-state index < -0.39 is 5.97 Å². The summed E-state index contributed by atoms with van der Waals surface area (Å²) in [6.45, 7) is 0. The molecule has 0 aliphatic heterocycles. The average molecular weight is 219 g/mol. The highest BCUT2D eigenvalue weighted by Gasteiger charge is 2.03. The van der Waals surface area contributed by atoms with Crippen LogP contribution < -0.4 is 0 Å². The Bertz CT molecular complexity index is 323. The summed E-state index contributed by atoms with van der Waals surface area (Å²) < 4.78 is 0. The molecule has 0 aliphatic carbocycles. The van der Waals surface area contributed by atoms with Crippen LogP contribution in [0.15, 0.2) is 18.2 Å². The lowest BCUT2D eigenvalue weighted by molar-refractivity contribution is -0.136. The molecule has 0 bridgehead atoms. The molecule has 0 aromatic heterocycles. The van der Waals surface area contributed by atoms with Crippen molar-refractivity contribution >= 4 is 29.2 Å². The second kappa shape index (κ2) is 4.49. The Morgan fingerprint density at radius 3 is 2.69 bits per heavy atom. The summed E-state index contributed by atoms with van der Waals surface area (Å²) >= 11 is 11.6. The van der Waals surface area contributed by atoms with Gasteiger partial charge in [-0.1, -0.05) is 23.2 Å². The number of carboxylic acid groups (broad SMARTS) is 1. The molecule has 4 heteroatoms. The number of aliphatic carboxylic acids is 1. The van der Waals surface area contributed by atoms with Crippen molar-refractivity contribution in [3.05, 3.63) is 33.8 Å². The van der Waals surface area contributed by atoms with Crippen LogP contribution in [0.25, 0.3) is 0 Å². The van der Waals surface area contributed by atoms with E-state index in [9.17, 15) is 4.79 Å². The van der Waals surface area contributed by atoms with Crippen LogP contribution in [-0.2, 0) is 11.2 Å². The Morgan fingerprint density at radius 2 is 2.08 bits per heavy atom. The Balaban J connectivity index is 2.75. The first-order valence-corrected chi connectivity index (χ1v) is 4.51. The van der Waals surface area contributed by atoms with E-state index >= 15 is 0 Å². The molecule has 0 radical (unpaired) electrons. The van der Waals surface area contributed by atoms with Gasteiger partial charge in [0.1, 0.15) is 0 Å². The van der Waals surface area contributed by atoms with Crippen molar-refractivity contribution in [2.75, 3.05) is 0 Å². The van der Waals surface area contributed by atoms with E-state index in [1.165, 1.54) is 0 Å². The van der Waals surface area contributed by atoms with Gasteiger partial charge in [0.05, 0.1) is 0 Å². The van der Waals surface area contributed by atoms with Crippen LogP contribution in [0, 0.1) is 0 Å². The molecule has 0 fully saturated rings.